The summed E-state index contributed by atoms with van der Waals surface area (Å²) in [6.07, 6.45) is 2.18. The molecule has 2 aromatic rings. The van der Waals surface area contributed by atoms with Crippen molar-refractivity contribution in [3.63, 3.8) is 0 Å². The fourth-order valence-electron chi connectivity index (χ4n) is 2.05. The van der Waals surface area contributed by atoms with Crippen LogP contribution in [0, 0.1) is 11.6 Å². The Labute approximate surface area is 119 Å². The van der Waals surface area contributed by atoms with Crippen LogP contribution in [0.4, 0.5) is 8.78 Å². The van der Waals surface area contributed by atoms with E-state index in [-0.39, 0.29) is 0 Å². The maximum Gasteiger partial charge on any atom is 0.191 e. The van der Waals surface area contributed by atoms with E-state index in [1.807, 2.05) is 4.57 Å². The van der Waals surface area contributed by atoms with Gasteiger partial charge in [-0.25, -0.2) is 8.78 Å². The van der Waals surface area contributed by atoms with Crippen molar-refractivity contribution in [3.05, 3.63) is 41.2 Å². The number of hydrogen-bond donors (Lipinski definition) is 1. The number of nitrogens with two attached hydrogens (primary N) is 1. The Morgan fingerprint density at radius 3 is 2.80 bits per heavy atom. The number of nitrogens with zero attached hydrogens (tertiary/aromatic N) is 3. The first-order valence-corrected chi connectivity index (χ1v) is 7.38. The molecule has 0 radical (unpaired) electrons. The van der Waals surface area contributed by atoms with E-state index < -0.39 is 11.6 Å². The zero-order valence-electron chi connectivity index (χ0n) is 10.7. The minimum atomic E-state index is -0.825. The van der Waals surface area contributed by atoms with Gasteiger partial charge in [-0.3, -0.25) is 0 Å². The molecule has 0 saturated heterocycles. The van der Waals surface area contributed by atoms with Gasteiger partial charge in [-0.2, -0.15) is 0 Å². The first-order chi connectivity index (χ1) is 9.70. The smallest absolute Gasteiger partial charge is 0.191 e. The van der Waals surface area contributed by atoms with Crippen LogP contribution in [0.5, 0.6) is 0 Å². The second-order valence-electron chi connectivity index (χ2n) is 4.71. The summed E-state index contributed by atoms with van der Waals surface area (Å²) in [5.74, 6) is -0.556. The highest BCUT2D eigenvalue weighted by Crippen LogP contribution is 2.39. The second kappa shape index (κ2) is 5.49. The van der Waals surface area contributed by atoms with Crippen LogP contribution in [0.2, 0.25) is 0 Å². The van der Waals surface area contributed by atoms with Crippen molar-refractivity contribution >= 4 is 11.8 Å². The summed E-state index contributed by atoms with van der Waals surface area (Å²) < 4.78 is 28.8. The molecule has 1 saturated carbocycles. The van der Waals surface area contributed by atoms with E-state index in [4.69, 9.17) is 5.73 Å². The Hall–Kier alpha value is -1.47. The molecule has 1 aromatic carbocycles. The number of thioether (sulfide) groups is 1. The predicted octanol–water partition coefficient (Wildman–Crippen LogP) is 2.64. The van der Waals surface area contributed by atoms with Crippen molar-refractivity contribution in [1.29, 1.82) is 0 Å². The van der Waals surface area contributed by atoms with Gasteiger partial charge < -0.3 is 10.3 Å². The molecule has 0 atom stereocenters. The molecule has 1 aliphatic rings. The lowest BCUT2D eigenvalue weighted by Gasteiger charge is -2.08. The molecule has 3 rings (SSSR count). The number of aromatic nitrogens is 3. The summed E-state index contributed by atoms with van der Waals surface area (Å²) in [7, 11) is 0. The fourth-order valence-corrected chi connectivity index (χ4v) is 3.05. The van der Waals surface area contributed by atoms with Gasteiger partial charge >= 0.3 is 0 Å². The van der Waals surface area contributed by atoms with Gasteiger partial charge in [0.15, 0.2) is 16.8 Å². The third-order valence-electron chi connectivity index (χ3n) is 3.22. The zero-order valence-corrected chi connectivity index (χ0v) is 11.5. The number of halogens is 2. The van der Waals surface area contributed by atoms with E-state index in [9.17, 15) is 8.78 Å². The van der Waals surface area contributed by atoms with E-state index >= 15 is 0 Å². The molecule has 0 bridgehead atoms. The lowest BCUT2D eigenvalue weighted by molar-refractivity contribution is 0.502. The Kier molecular flexibility index (Phi) is 3.71. The second-order valence-corrected chi connectivity index (χ2v) is 5.65. The summed E-state index contributed by atoms with van der Waals surface area (Å²) in [4.78, 5) is 0. The monoisotopic (exact) mass is 296 g/mol. The van der Waals surface area contributed by atoms with Crippen LogP contribution in [0.1, 0.15) is 30.3 Å². The minimum absolute atomic E-state index is 0.318. The molecule has 20 heavy (non-hydrogen) atoms. The van der Waals surface area contributed by atoms with E-state index in [0.29, 0.717) is 23.9 Å². The molecule has 0 spiro atoms. The van der Waals surface area contributed by atoms with Gasteiger partial charge in [0, 0.05) is 17.4 Å². The highest BCUT2D eigenvalue weighted by molar-refractivity contribution is 7.98. The molecular formula is C13H14F2N4S. The zero-order chi connectivity index (χ0) is 14.1. The van der Waals surface area contributed by atoms with Crippen molar-refractivity contribution in [1.82, 2.24) is 14.8 Å². The number of hydrogen-bond acceptors (Lipinski definition) is 4. The van der Waals surface area contributed by atoms with Crippen LogP contribution < -0.4 is 5.73 Å². The van der Waals surface area contributed by atoms with E-state index in [0.717, 1.165) is 29.9 Å². The quantitative estimate of drug-likeness (QED) is 0.862. The van der Waals surface area contributed by atoms with Crippen molar-refractivity contribution in [3.8, 4) is 0 Å². The van der Waals surface area contributed by atoms with Crippen LogP contribution in [0.15, 0.2) is 23.4 Å². The van der Waals surface area contributed by atoms with E-state index in [2.05, 4.69) is 10.2 Å². The molecule has 106 valence electrons. The van der Waals surface area contributed by atoms with Crippen molar-refractivity contribution < 1.29 is 8.78 Å². The Balaban J connectivity index is 1.78. The van der Waals surface area contributed by atoms with Crippen molar-refractivity contribution in [2.24, 2.45) is 5.73 Å². The Morgan fingerprint density at radius 2 is 2.10 bits per heavy atom. The van der Waals surface area contributed by atoms with E-state index in [1.165, 1.54) is 17.8 Å². The third-order valence-corrected chi connectivity index (χ3v) is 4.21. The van der Waals surface area contributed by atoms with Crippen LogP contribution in [0.3, 0.4) is 0 Å². The standard InChI is InChI=1S/C13H14F2N4S/c14-10-3-1-2-8(12(10)15)7-20-13-18-17-11(6-16)19(13)9-4-5-9/h1-3,9H,4-7,16H2. The van der Waals surface area contributed by atoms with E-state index in [1.54, 1.807) is 6.07 Å². The summed E-state index contributed by atoms with van der Waals surface area (Å²) in [5, 5.41) is 8.86. The maximum absolute atomic E-state index is 13.6. The normalized spacial score (nSPS) is 14.8. The van der Waals surface area contributed by atoms with Gasteiger partial charge in [-0.05, 0) is 18.9 Å². The van der Waals surface area contributed by atoms with Gasteiger partial charge in [0.05, 0.1) is 6.54 Å². The van der Waals surface area contributed by atoms with Crippen LogP contribution in [-0.2, 0) is 12.3 Å². The summed E-state index contributed by atoms with van der Waals surface area (Å²) >= 11 is 1.35. The summed E-state index contributed by atoms with van der Waals surface area (Å²) in [6.45, 7) is 0.332. The van der Waals surface area contributed by atoms with Gasteiger partial charge in [-0.1, -0.05) is 23.9 Å². The number of benzene rings is 1. The van der Waals surface area contributed by atoms with Crippen molar-refractivity contribution in [2.75, 3.05) is 0 Å². The van der Waals surface area contributed by atoms with Crippen LogP contribution in [0.25, 0.3) is 0 Å². The number of rotatable bonds is 5. The highest BCUT2D eigenvalue weighted by Gasteiger charge is 2.29. The lowest BCUT2D eigenvalue weighted by atomic mass is 10.2. The lowest BCUT2D eigenvalue weighted by Crippen LogP contribution is -2.08. The molecule has 4 nitrogen and oxygen atoms in total. The molecule has 0 unspecified atom stereocenters. The summed E-state index contributed by atoms with van der Waals surface area (Å²) in [6, 6.07) is 4.60. The van der Waals surface area contributed by atoms with Crippen LogP contribution >= 0.6 is 11.8 Å². The molecule has 2 N–H and O–H groups in total. The Bertz CT molecular complexity index is 625. The fraction of sp³-hybridized carbons (Fsp3) is 0.385. The van der Waals surface area contributed by atoms with Crippen molar-refractivity contribution in [2.45, 2.75) is 36.3 Å². The van der Waals surface area contributed by atoms with Gasteiger partial charge in [-0.15, -0.1) is 10.2 Å². The average Bonchev–Trinajstić information content (AvgIpc) is 3.21. The molecule has 1 heterocycles. The first-order valence-electron chi connectivity index (χ1n) is 6.40. The SMILES string of the molecule is NCc1nnc(SCc2cccc(F)c2F)n1C1CC1. The highest BCUT2D eigenvalue weighted by atomic mass is 32.2. The first kappa shape index (κ1) is 13.5. The third kappa shape index (κ3) is 2.55. The molecule has 7 heteroatoms. The average molecular weight is 296 g/mol. The maximum atomic E-state index is 13.6. The summed E-state index contributed by atoms with van der Waals surface area (Å²) in [5.41, 5.74) is 5.97. The van der Waals surface area contributed by atoms with Gasteiger partial charge in [0.1, 0.15) is 5.82 Å². The largest absolute Gasteiger partial charge is 0.324 e. The molecule has 0 amide bonds. The van der Waals surface area contributed by atoms with Crippen LogP contribution in [-0.4, -0.2) is 14.8 Å². The molecular weight excluding hydrogens is 282 g/mol. The minimum Gasteiger partial charge on any atom is -0.324 e. The Morgan fingerprint density at radius 1 is 1.30 bits per heavy atom. The van der Waals surface area contributed by atoms with Gasteiger partial charge in [0.25, 0.3) is 0 Å². The predicted molar refractivity (Wildman–Crippen MR) is 72.1 cm³/mol. The van der Waals surface area contributed by atoms with Gasteiger partial charge in [0.2, 0.25) is 0 Å². The topological polar surface area (TPSA) is 56.7 Å². The molecule has 1 aliphatic carbocycles. The molecule has 1 fully saturated rings. The molecule has 1 aromatic heterocycles. The molecule has 0 aliphatic heterocycles.